The summed E-state index contributed by atoms with van der Waals surface area (Å²) in [5.41, 5.74) is -0.427. The fourth-order valence-electron chi connectivity index (χ4n) is 4.24. The van der Waals surface area contributed by atoms with Crippen LogP contribution in [0.2, 0.25) is 0 Å². The molecule has 0 amide bonds. The molecule has 30 heavy (non-hydrogen) atoms. The van der Waals surface area contributed by atoms with E-state index in [0.29, 0.717) is 0 Å². The van der Waals surface area contributed by atoms with Crippen LogP contribution in [0.1, 0.15) is 39.5 Å². The molecule has 0 radical (unpaired) electrons. The van der Waals surface area contributed by atoms with Crippen LogP contribution in [0.25, 0.3) is 0 Å². The van der Waals surface area contributed by atoms with Gasteiger partial charge in [-0.3, -0.25) is 0 Å². The molecule has 3 aromatic carbocycles. The van der Waals surface area contributed by atoms with Gasteiger partial charge in [-0.15, -0.1) is 0 Å². The third-order valence-electron chi connectivity index (χ3n) is 5.98. The molecular formula is C26H27F2OS+. The quantitative estimate of drug-likeness (QED) is 0.374. The van der Waals surface area contributed by atoms with Gasteiger partial charge < -0.3 is 4.74 Å². The van der Waals surface area contributed by atoms with Gasteiger partial charge in [0.25, 0.3) is 0 Å². The number of halogens is 2. The molecule has 4 rings (SSSR count). The summed E-state index contributed by atoms with van der Waals surface area (Å²) < 4.78 is 35.9. The van der Waals surface area contributed by atoms with Gasteiger partial charge in [-0.05, 0) is 55.9 Å². The fourth-order valence-corrected chi connectivity index (χ4v) is 6.36. The summed E-state index contributed by atoms with van der Waals surface area (Å²) in [6.07, 6.45) is 3.86. The molecule has 4 heteroatoms. The Kier molecular flexibility index (Phi) is 6.14. The van der Waals surface area contributed by atoms with E-state index in [2.05, 4.69) is 13.8 Å². The third-order valence-corrected chi connectivity index (χ3v) is 8.17. The minimum absolute atomic E-state index is 0.0324. The molecule has 1 aliphatic carbocycles. The first-order valence-corrected chi connectivity index (χ1v) is 11.7. The predicted octanol–water partition coefficient (Wildman–Crippen LogP) is 7.41. The highest BCUT2D eigenvalue weighted by molar-refractivity contribution is 7.97. The highest BCUT2D eigenvalue weighted by Crippen LogP contribution is 2.42. The first kappa shape index (κ1) is 20.9. The maximum atomic E-state index is 14.8. The number of benzene rings is 3. The van der Waals surface area contributed by atoms with E-state index >= 15 is 0 Å². The zero-order valence-corrected chi connectivity index (χ0v) is 18.2. The van der Waals surface area contributed by atoms with Gasteiger partial charge in [-0.1, -0.05) is 50.2 Å². The van der Waals surface area contributed by atoms with Crippen molar-refractivity contribution in [2.75, 3.05) is 0 Å². The van der Waals surface area contributed by atoms with Gasteiger partial charge in [0.05, 0.1) is 10.9 Å². The van der Waals surface area contributed by atoms with Crippen LogP contribution in [0.3, 0.4) is 0 Å². The van der Waals surface area contributed by atoms with Crippen molar-refractivity contribution in [1.29, 1.82) is 0 Å². The van der Waals surface area contributed by atoms with E-state index < -0.39 is 28.1 Å². The largest absolute Gasteiger partial charge is 0.484 e. The normalized spacial score (nSPS) is 15.7. The molecule has 0 bridgehead atoms. The van der Waals surface area contributed by atoms with Gasteiger partial charge in [0, 0.05) is 12.1 Å². The highest BCUT2D eigenvalue weighted by Gasteiger charge is 2.41. The molecule has 0 spiro atoms. The molecule has 156 valence electrons. The molecular weight excluding hydrogens is 398 g/mol. The Morgan fingerprint density at radius 3 is 1.83 bits per heavy atom. The van der Waals surface area contributed by atoms with E-state index in [0.717, 1.165) is 40.4 Å². The lowest BCUT2D eigenvalue weighted by molar-refractivity contribution is 0.0242. The summed E-state index contributed by atoms with van der Waals surface area (Å²) in [6, 6.07) is 23.0. The van der Waals surface area contributed by atoms with Crippen molar-refractivity contribution in [1.82, 2.24) is 0 Å². The minimum Gasteiger partial charge on any atom is -0.484 e. The van der Waals surface area contributed by atoms with Crippen LogP contribution >= 0.6 is 0 Å². The lowest BCUT2D eigenvalue weighted by Gasteiger charge is -2.34. The number of hydrogen-bond acceptors (Lipinski definition) is 1. The Bertz CT molecular complexity index is 943. The molecule has 1 saturated carbocycles. The fraction of sp³-hybridized carbons (Fsp3) is 0.308. The second-order valence-electron chi connectivity index (χ2n) is 8.18. The van der Waals surface area contributed by atoms with Crippen molar-refractivity contribution in [3.8, 4) is 5.75 Å². The van der Waals surface area contributed by atoms with E-state index in [1.54, 1.807) is 6.07 Å². The topological polar surface area (TPSA) is 9.23 Å². The van der Waals surface area contributed by atoms with Crippen LogP contribution in [0, 0.1) is 17.6 Å². The number of rotatable bonds is 6. The summed E-state index contributed by atoms with van der Waals surface area (Å²) in [5, 5.41) is 0. The third kappa shape index (κ3) is 4.11. The zero-order chi connectivity index (χ0) is 21.1. The molecule has 0 aliphatic heterocycles. The van der Waals surface area contributed by atoms with Gasteiger partial charge >= 0.3 is 0 Å². The van der Waals surface area contributed by atoms with Crippen molar-refractivity contribution in [3.05, 3.63) is 84.4 Å². The molecule has 0 aromatic heterocycles. The summed E-state index contributed by atoms with van der Waals surface area (Å²) in [6.45, 7) is 4.20. The smallest absolute Gasteiger partial charge is 0.201 e. The first-order valence-electron chi connectivity index (χ1n) is 10.5. The summed E-state index contributed by atoms with van der Waals surface area (Å²) in [5.74, 6) is -1.49. The van der Waals surface area contributed by atoms with Gasteiger partial charge in [-0.2, -0.15) is 4.39 Å². The second-order valence-corrected chi connectivity index (χ2v) is 10.2. The maximum Gasteiger partial charge on any atom is 0.201 e. The average molecular weight is 426 g/mol. The van der Waals surface area contributed by atoms with Crippen molar-refractivity contribution < 1.29 is 13.5 Å². The molecule has 3 aromatic rings. The molecule has 0 N–H and O–H groups in total. The van der Waals surface area contributed by atoms with Crippen LogP contribution in [-0.4, -0.2) is 5.60 Å². The van der Waals surface area contributed by atoms with Gasteiger partial charge in [0.2, 0.25) is 5.82 Å². The first-order chi connectivity index (χ1) is 14.5. The summed E-state index contributed by atoms with van der Waals surface area (Å²) in [7, 11) is -0.557. The zero-order valence-electron chi connectivity index (χ0n) is 17.4. The Labute approximate surface area is 180 Å². The van der Waals surface area contributed by atoms with Gasteiger partial charge in [0.1, 0.15) is 5.60 Å². The Morgan fingerprint density at radius 1 is 0.800 bits per heavy atom. The molecule has 1 nitrogen and oxygen atoms in total. The lowest BCUT2D eigenvalue weighted by Crippen LogP contribution is -2.38. The minimum atomic E-state index is -0.893. The van der Waals surface area contributed by atoms with E-state index in [-0.39, 0.29) is 11.7 Å². The molecule has 0 unspecified atom stereocenters. The second kappa shape index (κ2) is 8.81. The van der Waals surface area contributed by atoms with Crippen LogP contribution in [0.5, 0.6) is 5.75 Å². The molecule has 0 heterocycles. The van der Waals surface area contributed by atoms with Crippen LogP contribution in [0.15, 0.2) is 87.5 Å². The van der Waals surface area contributed by atoms with Crippen LogP contribution < -0.4 is 4.74 Å². The molecule has 1 aliphatic rings. The predicted molar refractivity (Wildman–Crippen MR) is 118 cm³/mol. The van der Waals surface area contributed by atoms with E-state index in [1.807, 2.05) is 60.7 Å². The standard InChI is InChI=1S/C26H27F2OS/c1-19(2)26(15-9-10-16-26)29-24-18-22(17-23(27)25(24)28)30(20-11-5-3-6-12-20)21-13-7-4-8-14-21/h3-8,11-14,17-19H,9-10,15-16H2,1-2H3/q+1. The van der Waals surface area contributed by atoms with Crippen LogP contribution in [0.4, 0.5) is 8.78 Å². The average Bonchev–Trinajstić information content (AvgIpc) is 3.23. The van der Waals surface area contributed by atoms with Crippen molar-refractivity contribution >= 4 is 10.9 Å². The lowest BCUT2D eigenvalue weighted by atomic mass is 9.88. The maximum absolute atomic E-state index is 14.8. The Morgan fingerprint density at radius 2 is 1.33 bits per heavy atom. The summed E-state index contributed by atoms with van der Waals surface area (Å²) >= 11 is 0. The van der Waals surface area contributed by atoms with Crippen molar-refractivity contribution in [2.24, 2.45) is 5.92 Å². The van der Waals surface area contributed by atoms with E-state index in [9.17, 15) is 8.78 Å². The van der Waals surface area contributed by atoms with E-state index in [1.165, 1.54) is 6.07 Å². The van der Waals surface area contributed by atoms with Crippen molar-refractivity contribution in [3.63, 3.8) is 0 Å². The van der Waals surface area contributed by atoms with Gasteiger partial charge in [-0.25, -0.2) is 4.39 Å². The van der Waals surface area contributed by atoms with E-state index in [4.69, 9.17) is 4.74 Å². The molecule has 0 saturated heterocycles. The monoisotopic (exact) mass is 425 g/mol. The Hall–Kier alpha value is -2.33. The van der Waals surface area contributed by atoms with Gasteiger partial charge in [0.15, 0.2) is 26.3 Å². The van der Waals surface area contributed by atoms with Crippen molar-refractivity contribution in [2.45, 2.75) is 59.8 Å². The summed E-state index contributed by atoms with van der Waals surface area (Å²) in [4.78, 5) is 2.83. The SMILES string of the molecule is CC(C)C1(Oc2cc([S+](c3ccccc3)c3ccccc3)cc(F)c2F)CCCC1. The highest BCUT2D eigenvalue weighted by atomic mass is 32.2. The van der Waals surface area contributed by atoms with Crippen LogP contribution in [-0.2, 0) is 10.9 Å². The molecule has 0 atom stereocenters. The Balaban J connectivity index is 1.81. The number of ether oxygens (including phenoxy) is 1. The number of hydrogen-bond donors (Lipinski definition) is 0. The molecule has 1 fully saturated rings.